The van der Waals surface area contributed by atoms with Crippen LogP contribution in [0.1, 0.15) is 40.7 Å². The molecule has 7 nitrogen and oxygen atoms in total. The predicted molar refractivity (Wildman–Crippen MR) is 92.5 cm³/mol. The summed E-state index contributed by atoms with van der Waals surface area (Å²) in [5.74, 6) is -0.119. The first kappa shape index (κ1) is 17.9. The Morgan fingerprint density at radius 2 is 1.88 bits per heavy atom. The average molecular weight is 365 g/mol. The standard InChI is InChI=1S/C17H23N3O4S/c1-11-7-13(8-14(12(11)2)25(18,23)24)16(22)20-5-3-17(4-6-20)9-15(21)19-10-17/h7-8H,3-6,9-10H2,1-2H3,(H,19,21)(H2,18,23,24). The van der Waals surface area contributed by atoms with E-state index in [4.69, 9.17) is 5.14 Å². The molecule has 2 amide bonds. The van der Waals surface area contributed by atoms with E-state index in [-0.39, 0.29) is 22.1 Å². The zero-order valence-corrected chi connectivity index (χ0v) is 15.3. The van der Waals surface area contributed by atoms with Crippen molar-refractivity contribution in [3.8, 4) is 0 Å². The van der Waals surface area contributed by atoms with Gasteiger partial charge in [0.25, 0.3) is 5.91 Å². The van der Waals surface area contributed by atoms with Crippen LogP contribution in [-0.4, -0.2) is 44.8 Å². The molecule has 8 heteroatoms. The van der Waals surface area contributed by atoms with Crippen LogP contribution in [0, 0.1) is 19.3 Å². The summed E-state index contributed by atoms with van der Waals surface area (Å²) in [5.41, 5.74) is 1.58. The highest BCUT2D eigenvalue weighted by molar-refractivity contribution is 7.89. The highest BCUT2D eigenvalue weighted by Crippen LogP contribution is 2.37. The molecule has 1 spiro atoms. The number of nitrogens with zero attached hydrogens (tertiary/aromatic N) is 1. The molecule has 0 radical (unpaired) electrons. The molecular weight excluding hydrogens is 342 g/mol. The van der Waals surface area contributed by atoms with E-state index in [9.17, 15) is 18.0 Å². The van der Waals surface area contributed by atoms with Crippen LogP contribution in [0.5, 0.6) is 0 Å². The van der Waals surface area contributed by atoms with Crippen molar-refractivity contribution < 1.29 is 18.0 Å². The van der Waals surface area contributed by atoms with Gasteiger partial charge in [-0.15, -0.1) is 0 Å². The highest BCUT2D eigenvalue weighted by atomic mass is 32.2. The Morgan fingerprint density at radius 1 is 1.24 bits per heavy atom. The average Bonchev–Trinajstić information content (AvgIpc) is 2.89. The number of hydrogen-bond donors (Lipinski definition) is 2. The summed E-state index contributed by atoms with van der Waals surface area (Å²) in [6.07, 6.45) is 2.06. The van der Waals surface area contributed by atoms with E-state index in [1.165, 1.54) is 6.07 Å². The lowest BCUT2D eigenvalue weighted by Gasteiger charge is -2.38. The van der Waals surface area contributed by atoms with E-state index < -0.39 is 10.0 Å². The maximum atomic E-state index is 12.8. The molecular formula is C17H23N3O4S. The van der Waals surface area contributed by atoms with Gasteiger partial charge in [-0.2, -0.15) is 0 Å². The highest BCUT2D eigenvalue weighted by Gasteiger charge is 2.41. The second-order valence-corrected chi connectivity index (χ2v) is 8.74. The van der Waals surface area contributed by atoms with Crippen molar-refractivity contribution in [3.63, 3.8) is 0 Å². The second kappa shape index (κ2) is 6.10. The van der Waals surface area contributed by atoms with Crippen LogP contribution in [0.25, 0.3) is 0 Å². The molecule has 1 aromatic carbocycles. The Bertz CT molecular complexity index is 840. The molecule has 25 heavy (non-hydrogen) atoms. The lowest BCUT2D eigenvalue weighted by Crippen LogP contribution is -2.44. The summed E-state index contributed by atoms with van der Waals surface area (Å²) in [6.45, 7) is 5.24. The Balaban J connectivity index is 1.81. The largest absolute Gasteiger partial charge is 0.356 e. The first-order valence-corrected chi connectivity index (χ1v) is 9.86. The molecule has 0 aromatic heterocycles. The fourth-order valence-electron chi connectivity index (χ4n) is 3.72. The molecule has 0 saturated carbocycles. The van der Waals surface area contributed by atoms with E-state index in [0.717, 1.165) is 12.8 Å². The smallest absolute Gasteiger partial charge is 0.253 e. The fourth-order valence-corrected chi connectivity index (χ4v) is 4.60. The van der Waals surface area contributed by atoms with Gasteiger partial charge in [0.15, 0.2) is 0 Å². The summed E-state index contributed by atoms with van der Waals surface area (Å²) < 4.78 is 23.5. The minimum atomic E-state index is -3.88. The van der Waals surface area contributed by atoms with Crippen molar-refractivity contribution in [1.82, 2.24) is 10.2 Å². The van der Waals surface area contributed by atoms with Gasteiger partial charge in [0.1, 0.15) is 0 Å². The summed E-state index contributed by atoms with van der Waals surface area (Å²) in [5, 5.41) is 8.14. The third-order valence-corrected chi connectivity index (χ3v) is 6.52. The molecule has 3 N–H and O–H groups in total. The van der Waals surface area contributed by atoms with Crippen LogP contribution in [0.4, 0.5) is 0 Å². The second-order valence-electron chi connectivity index (χ2n) is 7.21. The number of benzene rings is 1. The normalized spacial score (nSPS) is 20.0. The number of nitrogens with two attached hydrogens (primary N) is 1. The van der Waals surface area contributed by atoms with Gasteiger partial charge in [-0.1, -0.05) is 0 Å². The lowest BCUT2D eigenvalue weighted by molar-refractivity contribution is -0.119. The molecule has 2 saturated heterocycles. The maximum absolute atomic E-state index is 12.8. The molecule has 0 atom stereocenters. The number of piperidine rings is 1. The van der Waals surface area contributed by atoms with E-state index in [0.29, 0.717) is 42.7 Å². The van der Waals surface area contributed by atoms with Crippen molar-refractivity contribution >= 4 is 21.8 Å². The van der Waals surface area contributed by atoms with Gasteiger partial charge in [0.05, 0.1) is 4.90 Å². The number of amides is 2. The summed E-state index contributed by atoms with van der Waals surface area (Å²) in [7, 11) is -3.88. The van der Waals surface area contributed by atoms with Gasteiger partial charge in [-0.3, -0.25) is 9.59 Å². The number of rotatable bonds is 2. The van der Waals surface area contributed by atoms with Crippen molar-refractivity contribution in [2.45, 2.75) is 38.0 Å². The van der Waals surface area contributed by atoms with Crippen LogP contribution in [0.15, 0.2) is 17.0 Å². The number of carbonyl (C=O) groups excluding carboxylic acids is 2. The van der Waals surface area contributed by atoms with E-state index in [2.05, 4.69) is 5.32 Å². The van der Waals surface area contributed by atoms with Crippen LogP contribution in [0.2, 0.25) is 0 Å². The summed E-state index contributed by atoms with van der Waals surface area (Å²) in [4.78, 5) is 26.0. The zero-order valence-electron chi connectivity index (χ0n) is 14.5. The van der Waals surface area contributed by atoms with Crippen LogP contribution in [-0.2, 0) is 14.8 Å². The first-order valence-electron chi connectivity index (χ1n) is 8.31. The number of carbonyl (C=O) groups is 2. The molecule has 136 valence electrons. The molecule has 0 aliphatic carbocycles. The van der Waals surface area contributed by atoms with Gasteiger partial charge in [0, 0.05) is 31.6 Å². The van der Waals surface area contributed by atoms with E-state index in [1.807, 2.05) is 0 Å². The Hall–Kier alpha value is -1.93. The Morgan fingerprint density at radius 3 is 2.40 bits per heavy atom. The molecule has 3 rings (SSSR count). The molecule has 2 heterocycles. The number of hydrogen-bond acceptors (Lipinski definition) is 4. The van der Waals surface area contributed by atoms with Gasteiger partial charge < -0.3 is 10.2 Å². The number of sulfonamides is 1. The summed E-state index contributed by atoms with van der Waals surface area (Å²) in [6, 6.07) is 3.07. The number of aryl methyl sites for hydroxylation is 1. The van der Waals surface area contributed by atoms with Crippen molar-refractivity contribution in [2.24, 2.45) is 10.6 Å². The van der Waals surface area contributed by atoms with E-state index in [1.54, 1.807) is 24.8 Å². The number of primary sulfonamides is 1. The topological polar surface area (TPSA) is 110 Å². The zero-order chi connectivity index (χ0) is 18.4. The quantitative estimate of drug-likeness (QED) is 0.803. The van der Waals surface area contributed by atoms with Crippen molar-refractivity contribution in [2.75, 3.05) is 19.6 Å². The summed E-state index contributed by atoms with van der Waals surface area (Å²) >= 11 is 0. The molecule has 0 bridgehead atoms. The molecule has 0 unspecified atom stereocenters. The predicted octanol–water partition coefficient (Wildman–Crippen LogP) is 0.693. The monoisotopic (exact) mass is 365 g/mol. The maximum Gasteiger partial charge on any atom is 0.253 e. The molecule has 2 aliphatic heterocycles. The Kier molecular flexibility index (Phi) is 4.36. The van der Waals surface area contributed by atoms with Crippen molar-refractivity contribution in [3.05, 3.63) is 28.8 Å². The van der Waals surface area contributed by atoms with Crippen LogP contribution in [0.3, 0.4) is 0 Å². The SMILES string of the molecule is Cc1cc(C(=O)N2CCC3(CC2)CNC(=O)C3)cc(S(N)(=O)=O)c1C. The molecule has 2 fully saturated rings. The van der Waals surface area contributed by atoms with Gasteiger partial charge in [0.2, 0.25) is 15.9 Å². The third-order valence-electron chi connectivity index (χ3n) is 5.48. The Labute approximate surface area is 147 Å². The molecule has 1 aromatic rings. The lowest BCUT2D eigenvalue weighted by atomic mass is 9.77. The number of nitrogens with one attached hydrogen (secondary N) is 1. The van der Waals surface area contributed by atoms with Crippen LogP contribution < -0.4 is 10.5 Å². The van der Waals surface area contributed by atoms with Gasteiger partial charge in [-0.25, -0.2) is 13.6 Å². The van der Waals surface area contributed by atoms with Crippen molar-refractivity contribution in [1.29, 1.82) is 0 Å². The first-order chi connectivity index (χ1) is 11.6. The minimum Gasteiger partial charge on any atom is -0.356 e. The van der Waals surface area contributed by atoms with Crippen LogP contribution >= 0.6 is 0 Å². The van der Waals surface area contributed by atoms with E-state index >= 15 is 0 Å². The minimum absolute atomic E-state index is 0.00470. The van der Waals surface area contributed by atoms with Gasteiger partial charge in [-0.05, 0) is 55.4 Å². The molecule has 2 aliphatic rings. The van der Waals surface area contributed by atoms with Gasteiger partial charge >= 0.3 is 0 Å². The third kappa shape index (κ3) is 3.41. The number of likely N-dealkylation sites (tertiary alicyclic amines) is 1. The fraction of sp³-hybridized carbons (Fsp3) is 0.529.